The lowest BCUT2D eigenvalue weighted by Gasteiger charge is -2.15. The van der Waals surface area contributed by atoms with E-state index in [1.54, 1.807) is 21.3 Å². The van der Waals surface area contributed by atoms with Crippen molar-refractivity contribution in [3.05, 3.63) is 17.1 Å². The molecule has 1 aromatic heterocycles. The molecule has 0 unspecified atom stereocenters. The molecule has 0 aliphatic rings. The first kappa shape index (κ1) is 14.5. The number of nitrogen functional groups attached to an aromatic ring is 1. The number of nitrogens with zero attached hydrogens (tertiary/aromatic N) is 1. The van der Waals surface area contributed by atoms with Crippen molar-refractivity contribution in [2.24, 2.45) is 0 Å². The highest BCUT2D eigenvalue weighted by atomic mass is 32.1. The van der Waals surface area contributed by atoms with Crippen molar-refractivity contribution in [2.45, 2.75) is 13.3 Å². The van der Waals surface area contributed by atoms with Gasteiger partial charge in [0.25, 0.3) is 0 Å². The highest BCUT2D eigenvalue weighted by Gasteiger charge is 2.20. The number of rotatable bonds is 5. The van der Waals surface area contributed by atoms with E-state index in [1.807, 2.05) is 19.1 Å². The molecule has 0 aliphatic heterocycles. The molecule has 0 amide bonds. The predicted molar refractivity (Wildman–Crippen MR) is 81.0 cm³/mol. The number of hydrogen-bond acceptors (Lipinski definition) is 6. The number of benzene rings is 1. The molecule has 0 radical (unpaired) electrons. The van der Waals surface area contributed by atoms with Crippen LogP contribution in [0.25, 0.3) is 11.3 Å². The van der Waals surface area contributed by atoms with Gasteiger partial charge in [0.2, 0.25) is 5.75 Å². The minimum absolute atomic E-state index is 0.540. The molecule has 0 spiro atoms. The van der Waals surface area contributed by atoms with Crippen LogP contribution in [0, 0.1) is 0 Å². The number of ether oxygens (including phenoxy) is 3. The number of aryl methyl sites for hydroxylation is 1. The first-order valence-corrected chi connectivity index (χ1v) is 7.02. The zero-order valence-electron chi connectivity index (χ0n) is 12.0. The summed E-state index contributed by atoms with van der Waals surface area (Å²) in [6, 6.07) is 3.70. The van der Waals surface area contributed by atoms with Crippen molar-refractivity contribution in [2.75, 3.05) is 27.1 Å². The summed E-state index contributed by atoms with van der Waals surface area (Å²) in [6.45, 7) is 2.05. The maximum atomic E-state index is 6.06. The lowest BCUT2D eigenvalue weighted by Crippen LogP contribution is -1.98. The molecular formula is C14H18N2O3S. The quantitative estimate of drug-likeness (QED) is 0.918. The van der Waals surface area contributed by atoms with Crippen LogP contribution in [0.15, 0.2) is 12.1 Å². The van der Waals surface area contributed by atoms with Gasteiger partial charge >= 0.3 is 0 Å². The van der Waals surface area contributed by atoms with E-state index in [-0.39, 0.29) is 0 Å². The maximum absolute atomic E-state index is 6.06. The zero-order valence-corrected chi connectivity index (χ0v) is 12.8. The molecule has 6 heteroatoms. The fourth-order valence-corrected chi connectivity index (χ4v) is 2.80. The number of aromatic nitrogens is 1. The molecule has 5 nitrogen and oxygen atoms in total. The van der Waals surface area contributed by atoms with Crippen LogP contribution < -0.4 is 19.9 Å². The third-order valence-electron chi connectivity index (χ3n) is 2.96. The second-order valence-corrected chi connectivity index (χ2v) is 5.17. The van der Waals surface area contributed by atoms with Crippen molar-refractivity contribution < 1.29 is 14.2 Å². The van der Waals surface area contributed by atoms with Gasteiger partial charge in [-0.05, 0) is 18.6 Å². The highest BCUT2D eigenvalue weighted by Crippen LogP contribution is 2.46. The topological polar surface area (TPSA) is 66.6 Å². The van der Waals surface area contributed by atoms with Crippen LogP contribution in [0.5, 0.6) is 17.2 Å². The van der Waals surface area contributed by atoms with Crippen LogP contribution >= 0.6 is 11.3 Å². The minimum Gasteiger partial charge on any atom is -0.493 e. The van der Waals surface area contributed by atoms with Crippen LogP contribution in [0.4, 0.5) is 5.00 Å². The van der Waals surface area contributed by atoms with Gasteiger partial charge in [-0.1, -0.05) is 6.92 Å². The molecule has 0 aliphatic carbocycles. The summed E-state index contributed by atoms with van der Waals surface area (Å²) < 4.78 is 16.1. The molecule has 1 heterocycles. The number of nitrogens with two attached hydrogens (primary N) is 1. The summed E-state index contributed by atoms with van der Waals surface area (Å²) in [6.07, 6.45) is 0.852. The van der Waals surface area contributed by atoms with Crippen molar-refractivity contribution in [1.29, 1.82) is 0 Å². The summed E-state index contributed by atoms with van der Waals surface area (Å²) in [4.78, 5) is 4.56. The summed E-state index contributed by atoms with van der Waals surface area (Å²) in [5.41, 5.74) is 7.59. The van der Waals surface area contributed by atoms with E-state index in [9.17, 15) is 0 Å². The third-order valence-corrected chi connectivity index (χ3v) is 3.99. The van der Waals surface area contributed by atoms with Gasteiger partial charge in [0.1, 0.15) is 10.7 Å². The van der Waals surface area contributed by atoms with Crippen LogP contribution in [0.1, 0.15) is 11.9 Å². The number of methoxy groups -OCH3 is 3. The lowest BCUT2D eigenvalue weighted by molar-refractivity contribution is 0.325. The third kappa shape index (κ3) is 2.38. The summed E-state index contributed by atoms with van der Waals surface area (Å²) in [5.74, 6) is 1.72. The van der Waals surface area contributed by atoms with Crippen molar-refractivity contribution in [3.63, 3.8) is 0 Å². The second kappa shape index (κ2) is 6.00. The Morgan fingerprint density at radius 3 is 2.30 bits per heavy atom. The Kier molecular flexibility index (Phi) is 4.34. The first-order chi connectivity index (χ1) is 9.65. The zero-order chi connectivity index (χ0) is 14.7. The Balaban J connectivity index is 2.64. The number of thiazole rings is 1. The van der Waals surface area contributed by atoms with Gasteiger partial charge in [-0.25, -0.2) is 4.98 Å². The van der Waals surface area contributed by atoms with E-state index < -0.39 is 0 Å². The lowest BCUT2D eigenvalue weighted by atomic mass is 10.1. The van der Waals surface area contributed by atoms with Crippen molar-refractivity contribution >= 4 is 16.3 Å². The van der Waals surface area contributed by atoms with E-state index >= 15 is 0 Å². The average Bonchev–Trinajstić information content (AvgIpc) is 2.86. The molecule has 0 bridgehead atoms. The molecule has 1 aromatic carbocycles. The summed E-state index contributed by atoms with van der Waals surface area (Å²) in [7, 11) is 4.75. The normalized spacial score (nSPS) is 10.4. The van der Waals surface area contributed by atoms with Gasteiger partial charge in [0.05, 0.1) is 26.3 Å². The van der Waals surface area contributed by atoms with Crippen molar-refractivity contribution in [3.8, 4) is 28.5 Å². The molecule has 20 heavy (non-hydrogen) atoms. The Morgan fingerprint density at radius 2 is 1.80 bits per heavy atom. The Labute approximate surface area is 122 Å². The summed E-state index contributed by atoms with van der Waals surface area (Å²) >= 11 is 1.49. The molecule has 2 N–H and O–H groups in total. The molecule has 2 aromatic rings. The van der Waals surface area contributed by atoms with E-state index in [2.05, 4.69) is 4.98 Å². The van der Waals surface area contributed by atoms with E-state index in [1.165, 1.54) is 11.3 Å². The van der Waals surface area contributed by atoms with Crippen LogP contribution in [0.2, 0.25) is 0 Å². The SMILES string of the molecule is CCc1nc(-c2ccc(OC)c(OC)c2OC)c(N)s1. The van der Waals surface area contributed by atoms with Gasteiger partial charge in [-0.3, -0.25) is 0 Å². The fraction of sp³-hybridized carbons (Fsp3) is 0.357. The van der Waals surface area contributed by atoms with Gasteiger partial charge in [-0.2, -0.15) is 0 Å². The number of hydrogen-bond donors (Lipinski definition) is 1. The fourth-order valence-electron chi connectivity index (χ4n) is 2.01. The maximum Gasteiger partial charge on any atom is 0.203 e. The van der Waals surface area contributed by atoms with E-state index in [4.69, 9.17) is 19.9 Å². The Bertz CT molecular complexity index is 611. The van der Waals surface area contributed by atoms with Gasteiger partial charge < -0.3 is 19.9 Å². The van der Waals surface area contributed by atoms with E-state index in [0.717, 1.165) is 22.7 Å². The van der Waals surface area contributed by atoms with Crippen molar-refractivity contribution in [1.82, 2.24) is 4.98 Å². The molecule has 0 saturated carbocycles. The summed E-state index contributed by atoms with van der Waals surface area (Å²) in [5, 5.41) is 1.67. The highest BCUT2D eigenvalue weighted by molar-refractivity contribution is 7.16. The first-order valence-electron chi connectivity index (χ1n) is 6.20. The van der Waals surface area contributed by atoms with E-state index in [0.29, 0.717) is 22.2 Å². The Morgan fingerprint density at radius 1 is 1.10 bits per heavy atom. The van der Waals surface area contributed by atoms with Gasteiger partial charge in [0, 0.05) is 5.56 Å². The molecule has 0 fully saturated rings. The molecule has 108 valence electrons. The predicted octanol–water partition coefficient (Wildman–Crippen LogP) is 2.98. The number of anilines is 1. The van der Waals surface area contributed by atoms with Gasteiger partial charge in [-0.15, -0.1) is 11.3 Å². The Hall–Kier alpha value is -1.95. The van der Waals surface area contributed by atoms with Gasteiger partial charge in [0.15, 0.2) is 11.5 Å². The smallest absolute Gasteiger partial charge is 0.203 e. The van der Waals surface area contributed by atoms with Crippen LogP contribution in [-0.2, 0) is 6.42 Å². The second-order valence-electron chi connectivity index (χ2n) is 4.06. The standard InChI is InChI=1S/C14H18N2O3S/c1-5-10-16-11(14(15)20-10)8-6-7-9(17-2)13(19-4)12(8)18-3/h6-7H,5,15H2,1-4H3. The largest absolute Gasteiger partial charge is 0.493 e. The molecule has 0 saturated heterocycles. The monoisotopic (exact) mass is 294 g/mol. The molecular weight excluding hydrogens is 276 g/mol. The molecule has 2 rings (SSSR count). The average molecular weight is 294 g/mol. The minimum atomic E-state index is 0.540. The van der Waals surface area contributed by atoms with Crippen LogP contribution in [-0.4, -0.2) is 26.3 Å². The molecule has 0 atom stereocenters. The van der Waals surface area contributed by atoms with Crippen LogP contribution in [0.3, 0.4) is 0 Å².